The van der Waals surface area contributed by atoms with E-state index >= 15 is 0 Å². The molecule has 0 aromatic heterocycles. The minimum atomic E-state index is -0.953. The van der Waals surface area contributed by atoms with E-state index in [4.69, 9.17) is 5.73 Å². The maximum atomic E-state index is 13.2. The Morgan fingerprint density at radius 2 is 1.71 bits per heavy atom. The summed E-state index contributed by atoms with van der Waals surface area (Å²) in [5.74, 6) is -1.80. The molecule has 6 amide bonds. The number of hydrogen-bond donors (Lipinski definition) is 7. The number of carbonyl (C=O) groups is 5. The standard InChI is InChI=1S/C28H42N6O7/c1-18(2)25(33-22(36)8-4-3-5-16-34-23(37)13-14-24(34)38)27(40)32-21(7-6-15-30-28(29)41)26(39)31-20-11-9-19(17-35)10-12-20/h9-14,18,21,23,25,35,37H,3-8,15-17H2,1-2H3,(H,31,39)(H,32,40)(H,33,36)(H3,29,30,41)/t21-,23?,25-/m0/s1. The zero-order valence-electron chi connectivity index (χ0n) is 23.6. The molecular formula is C28H42N6O7. The number of urea groups is 1. The van der Waals surface area contributed by atoms with E-state index in [1.54, 1.807) is 38.1 Å². The number of nitrogens with one attached hydrogen (secondary N) is 4. The summed E-state index contributed by atoms with van der Waals surface area (Å²) in [6, 6.07) is 4.07. The highest BCUT2D eigenvalue weighted by Crippen LogP contribution is 2.13. The third-order valence-corrected chi connectivity index (χ3v) is 6.59. The second kappa shape index (κ2) is 17.0. The van der Waals surface area contributed by atoms with Gasteiger partial charge in [0, 0.05) is 31.3 Å². The molecule has 3 atom stereocenters. The highest BCUT2D eigenvalue weighted by atomic mass is 16.3. The van der Waals surface area contributed by atoms with Crippen LogP contribution < -0.4 is 27.0 Å². The second-order valence-corrected chi connectivity index (χ2v) is 10.2. The minimum Gasteiger partial charge on any atom is -0.392 e. The maximum absolute atomic E-state index is 13.2. The first kappa shape index (κ1) is 33.2. The molecule has 1 aliphatic heterocycles. The quantitative estimate of drug-likeness (QED) is 0.131. The number of unbranched alkanes of at least 4 members (excludes halogenated alkanes) is 2. The van der Waals surface area contributed by atoms with Crippen LogP contribution in [0.15, 0.2) is 36.4 Å². The molecule has 13 nitrogen and oxygen atoms in total. The molecule has 0 bridgehead atoms. The highest BCUT2D eigenvalue weighted by molar-refractivity contribution is 5.98. The van der Waals surface area contributed by atoms with Gasteiger partial charge in [0.1, 0.15) is 18.3 Å². The zero-order valence-corrected chi connectivity index (χ0v) is 23.6. The van der Waals surface area contributed by atoms with Crippen LogP contribution in [-0.2, 0) is 25.8 Å². The molecule has 1 unspecified atom stereocenters. The Hall–Kier alpha value is -3.97. The number of primary amides is 1. The van der Waals surface area contributed by atoms with Gasteiger partial charge in [-0.25, -0.2) is 4.79 Å². The Labute approximate surface area is 239 Å². The van der Waals surface area contributed by atoms with Crippen molar-refractivity contribution in [1.82, 2.24) is 20.9 Å². The largest absolute Gasteiger partial charge is 0.392 e. The lowest BCUT2D eigenvalue weighted by molar-refractivity contribution is -0.132. The first-order valence-electron chi connectivity index (χ1n) is 13.8. The summed E-state index contributed by atoms with van der Waals surface area (Å²) in [7, 11) is 0. The van der Waals surface area contributed by atoms with Crippen molar-refractivity contribution >= 4 is 35.3 Å². The molecule has 2 rings (SSSR count). The molecule has 0 fully saturated rings. The number of hydrogen-bond acceptors (Lipinski definition) is 7. The molecule has 0 radical (unpaired) electrons. The van der Waals surface area contributed by atoms with Gasteiger partial charge in [0.15, 0.2) is 0 Å². The summed E-state index contributed by atoms with van der Waals surface area (Å²) in [6.45, 7) is 4.03. The normalized spacial score (nSPS) is 15.9. The predicted octanol–water partition coefficient (Wildman–Crippen LogP) is 0.469. The molecule has 1 aromatic rings. The maximum Gasteiger partial charge on any atom is 0.312 e. The van der Waals surface area contributed by atoms with Crippen LogP contribution in [0.2, 0.25) is 0 Å². The van der Waals surface area contributed by atoms with Crippen LogP contribution in [0.4, 0.5) is 10.5 Å². The van der Waals surface area contributed by atoms with Gasteiger partial charge in [0.2, 0.25) is 23.6 Å². The van der Waals surface area contributed by atoms with Crippen molar-refractivity contribution in [3.63, 3.8) is 0 Å². The topological polar surface area (TPSA) is 203 Å². The van der Waals surface area contributed by atoms with Crippen molar-refractivity contribution < 1.29 is 34.2 Å². The second-order valence-electron chi connectivity index (χ2n) is 10.2. The number of amides is 6. The van der Waals surface area contributed by atoms with Crippen LogP contribution >= 0.6 is 0 Å². The first-order chi connectivity index (χ1) is 19.5. The number of benzene rings is 1. The Morgan fingerprint density at radius 1 is 1.00 bits per heavy atom. The predicted molar refractivity (Wildman–Crippen MR) is 152 cm³/mol. The lowest BCUT2D eigenvalue weighted by atomic mass is 10.0. The Kier molecular flexibility index (Phi) is 13.8. The van der Waals surface area contributed by atoms with Crippen molar-refractivity contribution in [2.24, 2.45) is 11.7 Å². The van der Waals surface area contributed by atoms with E-state index in [1.807, 2.05) is 0 Å². The number of carbonyl (C=O) groups excluding carboxylic acids is 5. The zero-order chi connectivity index (χ0) is 30.4. The monoisotopic (exact) mass is 574 g/mol. The molecule has 13 heteroatoms. The van der Waals surface area contributed by atoms with Crippen LogP contribution in [0.3, 0.4) is 0 Å². The molecule has 1 aliphatic rings. The van der Waals surface area contributed by atoms with Crippen molar-refractivity contribution in [2.75, 3.05) is 18.4 Å². The van der Waals surface area contributed by atoms with E-state index in [0.29, 0.717) is 43.5 Å². The van der Waals surface area contributed by atoms with Gasteiger partial charge < -0.3 is 42.1 Å². The smallest absolute Gasteiger partial charge is 0.312 e. The van der Waals surface area contributed by atoms with Gasteiger partial charge in [0.05, 0.1) is 6.61 Å². The average Bonchev–Trinajstić information content (AvgIpc) is 3.25. The summed E-state index contributed by atoms with van der Waals surface area (Å²) >= 11 is 0. The third-order valence-electron chi connectivity index (χ3n) is 6.59. The summed E-state index contributed by atoms with van der Waals surface area (Å²) in [5, 5.41) is 29.6. The molecule has 0 saturated carbocycles. The van der Waals surface area contributed by atoms with Crippen molar-refractivity contribution in [1.29, 1.82) is 0 Å². The highest BCUT2D eigenvalue weighted by Gasteiger charge is 2.29. The molecule has 0 spiro atoms. The summed E-state index contributed by atoms with van der Waals surface area (Å²) < 4.78 is 0. The van der Waals surface area contributed by atoms with Crippen molar-refractivity contribution in [3.8, 4) is 0 Å². The summed E-state index contributed by atoms with van der Waals surface area (Å²) in [4.78, 5) is 62.9. The van der Waals surface area contributed by atoms with Gasteiger partial charge in [-0.1, -0.05) is 32.4 Å². The number of nitrogens with two attached hydrogens (primary N) is 1. The van der Waals surface area contributed by atoms with E-state index in [1.165, 1.54) is 17.1 Å². The molecule has 0 aliphatic carbocycles. The van der Waals surface area contributed by atoms with Crippen molar-refractivity contribution in [2.45, 2.75) is 77.3 Å². The summed E-state index contributed by atoms with van der Waals surface area (Å²) in [5.41, 5.74) is 6.26. The third kappa shape index (κ3) is 11.6. The van der Waals surface area contributed by atoms with Crippen LogP contribution in [-0.4, -0.2) is 76.2 Å². The van der Waals surface area contributed by atoms with E-state index in [-0.39, 0.29) is 43.7 Å². The van der Waals surface area contributed by atoms with Gasteiger partial charge in [-0.15, -0.1) is 0 Å². The molecule has 41 heavy (non-hydrogen) atoms. The average molecular weight is 575 g/mol. The van der Waals surface area contributed by atoms with E-state index in [2.05, 4.69) is 21.3 Å². The molecule has 1 heterocycles. The number of rotatable bonds is 17. The van der Waals surface area contributed by atoms with E-state index < -0.39 is 36.2 Å². The van der Waals surface area contributed by atoms with E-state index in [0.717, 1.165) is 0 Å². The van der Waals surface area contributed by atoms with Crippen LogP contribution in [0.1, 0.15) is 57.9 Å². The molecular weight excluding hydrogens is 532 g/mol. The van der Waals surface area contributed by atoms with Crippen LogP contribution in [0, 0.1) is 5.92 Å². The van der Waals surface area contributed by atoms with Crippen molar-refractivity contribution in [3.05, 3.63) is 42.0 Å². The Bertz CT molecular complexity index is 1080. The van der Waals surface area contributed by atoms with Gasteiger partial charge >= 0.3 is 6.03 Å². The van der Waals surface area contributed by atoms with Gasteiger partial charge in [-0.3, -0.25) is 19.2 Å². The molecule has 226 valence electrons. The number of aliphatic hydroxyl groups is 2. The van der Waals surface area contributed by atoms with Gasteiger partial charge in [-0.2, -0.15) is 0 Å². The fourth-order valence-corrected chi connectivity index (χ4v) is 4.24. The minimum absolute atomic E-state index is 0.135. The molecule has 0 saturated heterocycles. The van der Waals surface area contributed by atoms with Crippen LogP contribution in [0.25, 0.3) is 0 Å². The fourth-order valence-electron chi connectivity index (χ4n) is 4.24. The van der Waals surface area contributed by atoms with Gasteiger partial charge in [0.25, 0.3) is 0 Å². The fraction of sp³-hybridized carbons (Fsp3) is 0.536. The van der Waals surface area contributed by atoms with Crippen LogP contribution in [0.5, 0.6) is 0 Å². The Morgan fingerprint density at radius 3 is 2.29 bits per heavy atom. The summed E-state index contributed by atoms with van der Waals surface area (Å²) in [6.07, 6.45) is 4.40. The molecule has 1 aromatic carbocycles. The van der Waals surface area contributed by atoms with E-state index in [9.17, 15) is 34.2 Å². The van der Waals surface area contributed by atoms with Gasteiger partial charge in [-0.05, 0) is 55.4 Å². The number of anilines is 1. The number of aliphatic hydroxyl groups excluding tert-OH is 2. The number of nitrogens with zero attached hydrogens (tertiary/aromatic N) is 1. The molecule has 8 N–H and O–H groups in total. The first-order valence-corrected chi connectivity index (χ1v) is 13.8. The lowest BCUT2D eigenvalue weighted by Gasteiger charge is -2.25. The Balaban J connectivity index is 1.91. The SMILES string of the molecule is CC(C)[C@H](NC(=O)CCCCCN1C(=O)C=CC1O)C(=O)N[C@@H](CCCNC(N)=O)C(=O)Nc1ccc(CO)cc1. The lowest BCUT2D eigenvalue weighted by Crippen LogP contribution is -2.54.